The third-order valence-electron chi connectivity index (χ3n) is 4.26. The van der Waals surface area contributed by atoms with Gasteiger partial charge >= 0.3 is 0 Å². The van der Waals surface area contributed by atoms with E-state index in [1.807, 2.05) is 42.5 Å². The molecule has 0 saturated carbocycles. The van der Waals surface area contributed by atoms with Crippen LogP contribution in [-0.2, 0) is 0 Å². The number of hydrogen-bond donors (Lipinski definition) is 0. The predicted octanol–water partition coefficient (Wildman–Crippen LogP) is 6.62. The first kappa shape index (κ1) is 17.2. The molecule has 0 unspecified atom stereocenters. The van der Waals surface area contributed by atoms with Gasteiger partial charge in [-0.25, -0.2) is 0 Å². The van der Waals surface area contributed by atoms with Gasteiger partial charge in [0.25, 0.3) is 5.56 Å². The zero-order chi connectivity index (χ0) is 18.3. The summed E-state index contributed by atoms with van der Waals surface area (Å²) >= 11 is 19.1. The number of hydrogen-bond acceptors (Lipinski definition) is 1. The number of nitrogens with zero attached hydrogens (tertiary/aromatic N) is 1. The van der Waals surface area contributed by atoms with Crippen LogP contribution in [0.1, 0.15) is 0 Å². The Hall–Kier alpha value is -2.26. The number of halogens is 3. The molecule has 1 heterocycles. The van der Waals surface area contributed by atoms with Crippen LogP contribution >= 0.6 is 34.8 Å². The Kier molecular flexibility index (Phi) is 4.49. The number of para-hydroxylation sites is 1. The summed E-state index contributed by atoms with van der Waals surface area (Å²) in [4.78, 5) is 12.7. The van der Waals surface area contributed by atoms with Gasteiger partial charge in [-0.2, -0.15) is 0 Å². The van der Waals surface area contributed by atoms with Gasteiger partial charge in [0.1, 0.15) is 0 Å². The zero-order valence-corrected chi connectivity index (χ0v) is 15.7. The molecule has 0 saturated heterocycles. The van der Waals surface area contributed by atoms with Crippen LogP contribution in [0.5, 0.6) is 0 Å². The van der Waals surface area contributed by atoms with Crippen LogP contribution in [0.4, 0.5) is 0 Å². The molecule has 4 aromatic rings. The van der Waals surface area contributed by atoms with Crippen molar-refractivity contribution in [3.05, 3.63) is 98.2 Å². The monoisotopic (exact) mass is 399 g/mol. The highest BCUT2D eigenvalue weighted by atomic mass is 35.5. The minimum atomic E-state index is -0.205. The second-order valence-corrected chi connectivity index (χ2v) is 7.02. The Labute approximate surface area is 165 Å². The summed E-state index contributed by atoms with van der Waals surface area (Å²) in [6, 6.07) is 21.9. The number of aromatic nitrogens is 1. The van der Waals surface area contributed by atoms with Crippen molar-refractivity contribution in [2.24, 2.45) is 0 Å². The quantitative estimate of drug-likeness (QED) is 0.371. The van der Waals surface area contributed by atoms with E-state index >= 15 is 0 Å². The van der Waals surface area contributed by atoms with Gasteiger partial charge in [-0.1, -0.05) is 71.2 Å². The van der Waals surface area contributed by atoms with Gasteiger partial charge in [0.05, 0.1) is 21.2 Å². The van der Waals surface area contributed by atoms with E-state index in [1.54, 1.807) is 28.8 Å². The first-order chi connectivity index (χ1) is 12.6. The molecule has 0 amide bonds. The highest BCUT2D eigenvalue weighted by Crippen LogP contribution is 2.35. The van der Waals surface area contributed by atoms with Gasteiger partial charge in [0.2, 0.25) is 0 Å². The average Bonchev–Trinajstić information content (AvgIpc) is 2.63. The van der Waals surface area contributed by atoms with Crippen LogP contribution in [-0.4, -0.2) is 4.57 Å². The summed E-state index contributed by atoms with van der Waals surface area (Å²) in [7, 11) is 0. The van der Waals surface area contributed by atoms with Crippen molar-refractivity contribution in [1.29, 1.82) is 0 Å². The van der Waals surface area contributed by atoms with Gasteiger partial charge in [0, 0.05) is 22.0 Å². The van der Waals surface area contributed by atoms with Crippen molar-refractivity contribution in [3.8, 4) is 16.8 Å². The third kappa shape index (κ3) is 2.80. The van der Waals surface area contributed by atoms with E-state index in [-0.39, 0.29) is 5.56 Å². The molecular weight excluding hydrogens is 389 g/mol. The summed E-state index contributed by atoms with van der Waals surface area (Å²) in [5, 5.41) is 2.36. The van der Waals surface area contributed by atoms with E-state index in [9.17, 15) is 4.79 Å². The van der Waals surface area contributed by atoms with Gasteiger partial charge in [0.15, 0.2) is 0 Å². The molecule has 0 aliphatic rings. The number of benzene rings is 3. The summed E-state index contributed by atoms with van der Waals surface area (Å²) in [6.45, 7) is 0. The lowest BCUT2D eigenvalue weighted by Crippen LogP contribution is -2.18. The summed E-state index contributed by atoms with van der Waals surface area (Å²) < 4.78 is 1.54. The molecule has 0 N–H and O–H groups in total. The van der Waals surface area contributed by atoms with Gasteiger partial charge in [-0.15, -0.1) is 0 Å². The molecule has 26 heavy (non-hydrogen) atoms. The van der Waals surface area contributed by atoms with E-state index in [0.29, 0.717) is 26.3 Å². The maximum absolute atomic E-state index is 12.7. The highest BCUT2D eigenvalue weighted by Gasteiger charge is 2.15. The third-order valence-corrected chi connectivity index (χ3v) is 5.20. The van der Waals surface area contributed by atoms with E-state index in [1.165, 1.54) is 6.07 Å². The molecule has 0 fully saturated rings. The van der Waals surface area contributed by atoms with Crippen molar-refractivity contribution in [1.82, 2.24) is 4.57 Å². The van der Waals surface area contributed by atoms with E-state index in [0.717, 1.165) is 16.5 Å². The average molecular weight is 401 g/mol. The predicted molar refractivity (Wildman–Crippen MR) is 110 cm³/mol. The molecule has 2 nitrogen and oxygen atoms in total. The lowest BCUT2D eigenvalue weighted by Gasteiger charge is -2.15. The summed E-state index contributed by atoms with van der Waals surface area (Å²) in [6.07, 6.45) is 0. The fourth-order valence-electron chi connectivity index (χ4n) is 3.12. The Morgan fingerprint density at radius 1 is 0.615 bits per heavy atom. The Morgan fingerprint density at radius 2 is 1.23 bits per heavy atom. The molecule has 0 radical (unpaired) electrons. The van der Waals surface area contributed by atoms with Crippen molar-refractivity contribution in [3.63, 3.8) is 0 Å². The van der Waals surface area contributed by atoms with Gasteiger partial charge in [-0.3, -0.25) is 9.36 Å². The lowest BCUT2D eigenvalue weighted by molar-refractivity contribution is 1.04. The molecular formula is C21H12Cl3NO. The van der Waals surface area contributed by atoms with Gasteiger partial charge in [-0.05, 0) is 35.9 Å². The number of rotatable bonds is 2. The van der Waals surface area contributed by atoms with Crippen LogP contribution < -0.4 is 5.56 Å². The van der Waals surface area contributed by atoms with E-state index < -0.39 is 0 Å². The normalized spacial score (nSPS) is 11.0. The Bertz CT molecular complexity index is 1180. The van der Waals surface area contributed by atoms with Crippen LogP contribution in [0.2, 0.25) is 15.1 Å². The summed E-state index contributed by atoms with van der Waals surface area (Å²) in [5.41, 5.74) is 2.82. The molecule has 0 aliphatic heterocycles. The largest absolute Gasteiger partial charge is 0.274 e. The smallest absolute Gasteiger partial charge is 0.255 e. The molecule has 3 aromatic carbocycles. The van der Waals surface area contributed by atoms with Crippen molar-refractivity contribution in [2.75, 3.05) is 0 Å². The van der Waals surface area contributed by atoms with E-state index in [4.69, 9.17) is 34.8 Å². The van der Waals surface area contributed by atoms with Crippen molar-refractivity contribution >= 4 is 45.7 Å². The number of fused-ring (bicyclic) bond motifs is 1. The van der Waals surface area contributed by atoms with E-state index in [2.05, 4.69) is 0 Å². The fourth-order valence-corrected chi connectivity index (χ4v) is 3.92. The molecule has 0 atom stereocenters. The molecule has 0 bridgehead atoms. The highest BCUT2D eigenvalue weighted by molar-refractivity contribution is 6.38. The van der Waals surface area contributed by atoms with Crippen molar-refractivity contribution in [2.45, 2.75) is 0 Å². The molecule has 5 heteroatoms. The first-order valence-corrected chi connectivity index (χ1v) is 9.05. The fraction of sp³-hybridized carbons (Fsp3) is 0. The summed E-state index contributed by atoms with van der Waals surface area (Å²) in [5.74, 6) is 0. The van der Waals surface area contributed by atoms with Crippen LogP contribution in [0.15, 0.2) is 77.6 Å². The molecule has 1 aromatic heterocycles. The molecule has 4 rings (SSSR count). The molecule has 128 valence electrons. The second-order valence-electron chi connectivity index (χ2n) is 5.80. The topological polar surface area (TPSA) is 22.0 Å². The standard InChI is InChI=1S/C21H12Cl3NO/c22-16-7-2-1-5-14(16)13-6-3-10-19-15(13)11-12-20(26)25(19)21-17(23)8-4-9-18(21)24/h1-12H. The number of pyridine rings is 1. The lowest BCUT2D eigenvalue weighted by atomic mass is 10.0. The maximum atomic E-state index is 12.7. The van der Waals surface area contributed by atoms with Gasteiger partial charge < -0.3 is 0 Å². The Balaban J connectivity index is 2.12. The molecule has 0 spiro atoms. The van der Waals surface area contributed by atoms with Crippen molar-refractivity contribution < 1.29 is 0 Å². The SMILES string of the molecule is O=c1ccc2c(-c3ccccc3Cl)cccc2n1-c1c(Cl)cccc1Cl. The minimum absolute atomic E-state index is 0.205. The molecule has 0 aliphatic carbocycles. The maximum Gasteiger partial charge on any atom is 0.255 e. The minimum Gasteiger partial charge on any atom is -0.274 e. The zero-order valence-electron chi connectivity index (χ0n) is 13.4. The second kappa shape index (κ2) is 6.81. The first-order valence-electron chi connectivity index (χ1n) is 7.92. The Morgan fingerprint density at radius 3 is 1.96 bits per heavy atom. The van der Waals surface area contributed by atoms with Crippen LogP contribution in [0.3, 0.4) is 0 Å². The van der Waals surface area contributed by atoms with Crippen LogP contribution in [0.25, 0.3) is 27.7 Å². The van der Waals surface area contributed by atoms with Crippen LogP contribution in [0, 0.1) is 0 Å².